The monoisotopic (exact) mass is 593 g/mol. The maximum absolute atomic E-state index is 13.9. The highest BCUT2D eigenvalue weighted by atomic mass is 32.2. The molecule has 1 fully saturated rings. The van der Waals surface area contributed by atoms with Crippen molar-refractivity contribution in [3.63, 3.8) is 0 Å². The first kappa shape index (κ1) is 27.8. The third-order valence-corrected chi connectivity index (χ3v) is 8.09. The molecule has 1 amide bonds. The fourth-order valence-electron chi connectivity index (χ4n) is 4.66. The Balaban J connectivity index is 1.55. The molecule has 4 N–H and O–H groups in total. The number of carbonyl (C=O) groups is 2. The van der Waals surface area contributed by atoms with Gasteiger partial charge < -0.3 is 10.1 Å². The predicted molar refractivity (Wildman–Crippen MR) is 140 cm³/mol. The van der Waals surface area contributed by atoms with E-state index in [1.54, 1.807) is 17.5 Å². The molecule has 1 saturated heterocycles. The maximum atomic E-state index is 13.9. The van der Waals surface area contributed by atoms with Crippen LogP contribution in [0, 0.1) is 0 Å². The second-order valence-electron chi connectivity index (χ2n) is 9.10. The van der Waals surface area contributed by atoms with Gasteiger partial charge in [0.1, 0.15) is 5.69 Å². The summed E-state index contributed by atoms with van der Waals surface area (Å²) in [4.78, 5) is 27.3. The van der Waals surface area contributed by atoms with E-state index in [2.05, 4.69) is 15.5 Å². The topological polar surface area (TPSA) is 147 Å². The summed E-state index contributed by atoms with van der Waals surface area (Å²) in [6.07, 6.45) is -4.12. The van der Waals surface area contributed by atoms with E-state index in [1.165, 1.54) is 46.7 Å². The van der Waals surface area contributed by atoms with Gasteiger partial charge in [0.05, 0.1) is 10.4 Å². The lowest BCUT2D eigenvalue weighted by Gasteiger charge is -2.39. The molecule has 1 atom stereocenters. The molecule has 0 radical (unpaired) electrons. The number of aromatic amines is 1. The van der Waals surface area contributed by atoms with E-state index in [0.29, 0.717) is 35.0 Å². The lowest BCUT2D eigenvalue weighted by Crippen LogP contribution is -2.57. The van der Waals surface area contributed by atoms with Crippen molar-refractivity contribution in [2.24, 2.45) is 5.14 Å². The van der Waals surface area contributed by atoms with Gasteiger partial charge in [0.15, 0.2) is 0 Å². The molecule has 4 aromatic rings. The summed E-state index contributed by atoms with van der Waals surface area (Å²) >= 11 is 1.15. The molecule has 0 bridgehead atoms. The van der Waals surface area contributed by atoms with Gasteiger partial charge in [-0.05, 0) is 60.0 Å². The summed E-state index contributed by atoms with van der Waals surface area (Å²) in [5, 5.41) is 18.5. The smallest absolute Gasteiger partial charge is 0.423 e. The Hall–Kier alpha value is -3.79. The van der Waals surface area contributed by atoms with Crippen molar-refractivity contribution in [2.45, 2.75) is 29.6 Å². The van der Waals surface area contributed by atoms with E-state index < -0.39 is 33.8 Å². The Kier molecular flexibility index (Phi) is 7.16. The van der Waals surface area contributed by atoms with Gasteiger partial charge >= 0.3 is 12.1 Å². The number of likely N-dealkylation sites (tertiary alicyclic amines) is 1. The van der Waals surface area contributed by atoms with Crippen LogP contribution in [0.3, 0.4) is 0 Å². The zero-order chi connectivity index (χ0) is 28.7. The van der Waals surface area contributed by atoms with Gasteiger partial charge in [-0.1, -0.05) is 12.1 Å². The average molecular weight is 594 g/mol. The van der Waals surface area contributed by atoms with Crippen LogP contribution in [0.1, 0.15) is 18.4 Å². The first-order valence-corrected chi connectivity index (χ1v) is 14.4. The van der Waals surface area contributed by atoms with Crippen molar-refractivity contribution in [1.82, 2.24) is 15.1 Å². The molecule has 10 nitrogen and oxygen atoms in total. The standard InChI is InChI=1S/C25H22F3N5O5S2/c26-25(27,28)23(35)38-24(16-8-11-39-14-16,33-9-1-2-10-33)22(34)30-17-6-7-20-19(13-17)21(32-31-20)15-4-3-5-18(12-15)40(29,36)37/h3-8,11-14H,1-2,9-10H2,(H,30,34)(H,31,32)(H2,29,36,37). The number of halogens is 3. The molecule has 2 aromatic carbocycles. The number of nitrogens with zero attached hydrogens (tertiary/aromatic N) is 2. The van der Waals surface area contributed by atoms with Crippen LogP contribution in [0.2, 0.25) is 0 Å². The van der Waals surface area contributed by atoms with Gasteiger partial charge in [-0.2, -0.15) is 29.6 Å². The quantitative estimate of drug-likeness (QED) is 0.275. The summed E-state index contributed by atoms with van der Waals surface area (Å²) in [6, 6.07) is 11.9. The zero-order valence-corrected chi connectivity index (χ0v) is 22.2. The average Bonchev–Trinajstić information content (AvgIpc) is 3.68. The van der Waals surface area contributed by atoms with Gasteiger partial charge in [0, 0.05) is 35.3 Å². The number of anilines is 1. The number of alkyl halides is 3. The van der Waals surface area contributed by atoms with E-state index in [4.69, 9.17) is 9.88 Å². The number of thiophene rings is 1. The molecule has 1 aliphatic rings. The summed E-state index contributed by atoms with van der Waals surface area (Å²) in [5.41, 5.74) is -0.764. The molecule has 1 aliphatic heterocycles. The van der Waals surface area contributed by atoms with Crippen LogP contribution >= 0.6 is 11.3 Å². The Bertz CT molecular complexity index is 1680. The summed E-state index contributed by atoms with van der Waals surface area (Å²) < 4.78 is 68.8. The fourth-order valence-corrected chi connectivity index (χ4v) is 5.90. The number of primary sulfonamides is 1. The molecular formula is C25H22F3N5O5S2. The molecule has 0 aliphatic carbocycles. The number of nitrogens with two attached hydrogens (primary N) is 1. The maximum Gasteiger partial charge on any atom is 0.491 e. The van der Waals surface area contributed by atoms with Crippen LogP contribution in [-0.4, -0.2) is 54.7 Å². The van der Waals surface area contributed by atoms with Crippen molar-refractivity contribution < 1.29 is 35.9 Å². The van der Waals surface area contributed by atoms with Gasteiger partial charge in [-0.3, -0.25) is 14.8 Å². The zero-order valence-electron chi connectivity index (χ0n) is 20.6. The molecular weight excluding hydrogens is 571 g/mol. The minimum absolute atomic E-state index is 0.0967. The fraction of sp³-hybridized carbons (Fsp3) is 0.240. The second-order valence-corrected chi connectivity index (χ2v) is 11.4. The number of sulfonamides is 1. The molecule has 1 unspecified atom stereocenters. The number of fused-ring (bicyclic) bond motifs is 1. The van der Waals surface area contributed by atoms with Crippen LogP contribution < -0.4 is 10.5 Å². The number of rotatable bonds is 7. The Morgan fingerprint density at radius 3 is 2.50 bits per heavy atom. The minimum atomic E-state index is -5.32. The van der Waals surface area contributed by atoms with Gasteiger partial charge in [-0.25, -0.2) is 18.4 Å². The minimum Gasteiger partial charge on any atom is -0.423 e. The predicted octanol–water partition coefficient (Wildman–Crippen LogP) is 3.93. The van der Waals surface area contributed by atoms with E-state index in [0.717, 1.165) is 11.3 Å². The van der Waals surface area contributed by atoms with Crippen molar-refractivity contribution in [1.29, 1.82) is 0 Å². The Morgan fingerprint density at radius 2 is 1.85 bits per heavy atom. The summed E-state index contributed by atoms with van der Waals surface area (Å²) in [6.45, 7) is 0.472. The number of hydrogen-bond donors (Lipinski definition) is 3. The first-order chi connectivity index (χ1) is 18.9. The Labute approximate surface area is 230 Å². The lowest BCUT2D eigenvalue weighted by molar-refractivity contribution is -0.230. The summed E-state index contributed by atoms with van der Waals surface area (Å²) in [7, 11) is -3.98. The molecule has 0 spiro atoms. The number of carbonyl (C=O) groups excluding carboxylic acids is 2. The molecule has 210 valence electrons. The molecule has 3 heterocycles. The highest BCUT2D eigenvalue weighted by molar-refractivity contribution is 7.89. The Morgan fingerprint density at radius 1 is 1.10 bits per heavy atom. The number of benzene rings is 2. The normalized spacial score (nSPS) is 16.1. The van der Waals surface area contributed by atoms with Crippen LogP contribution in [0.4, 0.5) is 18.9 Å². The second kappa shape index (κ2) is 10.3. The van der Waals surface area contributed by atoms with Crippen LogP contribution in [0.25, 0.3) is 22.2 Å². The van der Waals surface area contributed by atoms with E-state index in [-0.39, 0.29) is 29.2 Å². The number of ether oxygens (including phenoxy) is 1. The molecule has 40 heavy (non-hydrogen) atoms. The van der Waals surface area contributed by atoms with E-state index in [1.807, 2.05) is 0 Å². The van der Waals surface area contributed by atoms with Crippen molar-refractivity contribution >= 4 is 49.8 Å². The number of nitrogens with one attached hydrogen (secondary N) is 2. The number of amides is 1. The van der Waals surface area contributed by atoms with Crippen molar-refractivity contribution in [3.8, 4) is 11.3 Å². The highest BCUT2D eigenvalue weighted by Crippen LogP contribution is 2.38. The molecule has 15 heteroatoms. The van der Waals surface area contributed by atoms with Gasteiger partial charge in [0.2, 0.25) is 10.0 Å². The highest BCUT2D eigenvalue weighted by Gasteiger charge is 2.55. The molecule has 2 aromatic heterocycles. The number of aromatic nitrogens is 2. The van der Waals surface area contributed by atoms with Crippen LogP contribution in [0.15, 0.2) is 64.2 Å². The van der Waals surface area contributed by atoms with E-state index in [9.17, 15) is 31.2 Å². The van der Waals surface area contributed by atoms with Crippen molar-refractivity contribution in [3.05, 3.63) is 64.9 Å². The third kappa shape index (κ3) is 5.20. The molecule has 0 saturated carbocycles. The van der Waals surface area contributed by atoms with Crippen molar-refractivity contribution in [2.75, 3.05) is 18.4 Å². The number of H-pyrrole nitrogens is 1. The number of esters is 1. The first-order valence-electron chi connectivity index (χ1n) is 11.9. The summed E-state index contributed by atoms with van der Waals surface area (Å²) in [5.74, 6) is -3.46. The van der Waals surface area contributed by atoms with Crippen LogP contribution in [-0.2, 0) is 30.1 Å². The molecule has 5 rings (SSSR count). The lowest BCUT2D eigenvalue weighted by atomic mass is 10.0. The van der Waals surface area contributed by atoms with Gasteiger partial charge in [-0.15, -0.1) is 0 Å². The largest absolute Gasteiger partial charge is 0.491 e. The van der Waals surface area contributed by atoms with E-state index >= 15 is 0 Å². The SMILES string of the molecule is NS(=O)(=O)c1cccc(-c2n[nH]c3ccc(NC(=O)C(OC(=O)C(F)(F)F)(c4ccsc4)N4CCCC4)cc23)c1. The number of hydrogen-bond acceptors (Lipinski definition) is 8. The van der Waals surface area contributed by atoms with Crippen LogP contribution in [0.5, 0.6) is 0 Å². The third-order valence-electron chi connectivity index (χ3n) is 6.50. The van der Waals surface area contributed by atoms with Gasteiger partial charge in [0.25, 0.3) is 11.6 Å².